The molecule has 0 saturated carbocycles. The third-order valence-corrected chi connectivity index (χ3v) is 4.36. The molecule has 0 aliphatic carbocycles. The van der Waals surface area contributed by atoms with Crippen LogP contribution in [0.1, 0.15) is 19.4 Å². The highest BCUT2D eigenvalue weighted by Crippen LogP contribution is 2.33. The van der Waals surface area contributed by atoms with Crippen molar-refractivity contribution >= 4 is 28.8 Å². The van der Waals surface area contributed by atoms with Gasteiger partial charge in [-0.25, -0.2) is 0 Å². The summed E-state index contributed by atoms with van der Waals surface area (Å²) in [6.45, 7) is 3.30. The quantitative estimate of drug-likeness (QED) is 0.417. The predicted octanol–water partition coefficient (Wildman–Crippen LogP) is 4.09. The largest absolute Gasteiger partial charge is 0.573 e. The summed E-state index contributed by atoms with van der Waals surface area (Å²) in [6.07, 6.45) is -4.84. The summed E-state index contributed by atoms with van der Waals surface area (Å²) in [6, 6.07) is 9.30. The highest BCUT2D eigenvalue weighted by Gasteiger charge is 2.40. The molecule has 1 aliphatic rings. The Hall–Kier alpha value is -3.89. The number of non-ortho nitro benzene ring substituents is 1. The van der Waals surface area contributed by atoms with E-state index in [1.165, 1.54) is 36.4 Å². The lowest BCUT2D eigenvalue weighted by molar-refractivity contribution is -0.384. The fourth-order valence-electron chi connectivity index (χ4n) is 3.03. The fourth-order valence-corrected chi connectivity index (χ4v) is 3.03. The number of rotatable bonds is 6. The molecule has 11 heteroatoms. The topological polar surface area (TPSA) is 102 Å². The summed E-state index contributed by atoms with van der Waals surface area (Å²) in [5, 5.41) is 13.7. The van der Waals surface area contributed by atoms with Gasteiger partial charge in [0.1, 0.15) is 11.4 Å². The average molecular weight is 435 g/mol. The fraction of sp³-hybridized carbons (Fsp3) is 0.200. The molecule has 31 heavy (non-hydrogen) atoms. The van der Waals surface area contributed by atoms with E-state index in [-0.39, 0.29) is 28.2 Å². The van der Waals surface area contributed by atoms with Gasteiger partial charge in [-0.05, 0) is 55.8 Å². The Balaban J connectivity index is 1.98. The summed E-state index contributed by atoms with van der Waals surface area (Å²) < 4.78 is 40.8. The van der Waals surface area contributed by atoms with Crippen molar-refractivity contribution in [1.82, 2.24) is 4.90 Å². The van der Waals surface area contributed by atoms with Gasteiger partial charge in [-0.1, -0.05) is 0 Å². The van der Waals surface area contributed by atoms with E-state index in [2.05, 4.69) is 10.1 Å². The highest BCUT2D eigenvalue weighted by molar-refractivity contribution is 6.36. The number of nitro benzene ring substituents is 1. The van der Waals surface area contributed by atoms with Gasteiger partial charge in [0.15, 0.2) is 0 Å². The molecule has 1 heterocycles. The lowest BCUT2D eigenvalue weighted by Crippen LogP contribution is -2.38. The van der Waals surface area contributed by atoms with E-state index in [1.807, 2.05) is 0 Å². The van der Waals surface area contributed by atoms with Gasteiger partial charge in [0.05, 0.1) is 10.5 Å². The first-order chi connectivity index (χ1) is 14.5. The van der Waals surface area contributed by atoms with Crippen molar-refractivity contribution in [2.24, 2.45) is 0 Å². The second-order valence-corrected chi connectivity index (χ2v) is 6.83. The second kappa shape index (κ2) is 8.09. The average Bonchev–Trinajstić information content (AvgIpc) is 2.92. The van der Waals surface area contributed by atoms with Gasteiger partial charge < -0.3 is 10.1 Å². The van der Waals surface area contributed by atoms with Crippen molar-refractivity contribution in [3.8, 4) is 5.75 Å². The molecule has 2 amide bonds. The first-order valence-electron chi connectivity index (χ1n) is 8.98. The van der Waals surface area contributed by atoms with Crippen LogP contribution in [0, 0.1) is 10.1 Å². The lowest BCUT2D eigenvalue weighted by atomic mass is 10.0. The lowest BCUT2D eigenvalue weighted by Gasteiger charge is -2.19. The van der Waals surface area contributed by atoms with Crippen LogP contribution in [0.15, 0.2) is 54.2 Å². The van der Waals surface area contributed by atoms with E-state index < -0.39 is 34.9 Å². The third kappa shape index (κ3) is 4.65. The number of ether oxygens (including phenoxy) is 1. The molecule has 3 rings (SSSR count). The predicted molar refractivity (Wildman–Crippen MR) is 104 cm³/mol. The second-order valence-electron chi connectivity index (χ2n) is 6.83. The minimum Gasteiger partial charge on any atom is -0.406 e. The van der Waals surface area contributed by atoms with Gasteiger partial charge in [0.25, 0.3) is 17.5 Å². The molecular formula is C20H16F3N3O5. The zero-order chi connectivity index (χ0) is 22.9. The number of carbonyl (C=O) groups excluding carboxylic acids is 2. The molecule has 0 saturated heterocycles. The minimum atomic E-state index is -4.84. The monoisotopic (exact) mass is 435 g/mol. The van der Waals surface area contributed by atoms with Crippen molar-refractivity contribution in [3.05, 3.63) is 69.9 Å². The Labute approximate surface area is 174 Å². The van der Waals surface area contributed by atoms with Crippen LogP contribution in [0.2, 0.25) is 0 Å². The highest BCUT2D eigenvalue weighted by atomic mass is 19.4. The molecule has 2 aromatic rings. The SMILES string of the molecule is CC(C)N1C(=O)C(Nc2ccc(OC(F)(F)F)cc2)=C(c2ccc([N+](=O)[O-])cc2)C1=O. The van der Waals surface area contributed by atoms with Crippen LogP contribution >= 0.6 is 0 Å². The Morgan fingerprint density at radius 1 is 1.00 bits per heavy atom. The molecule has 8 nitrogen and oxygen atoms in total. The first kappa shape index (κ1) is 21.8. The summed E-state index contributed by atoms with van der Waals surface area (Å²) >= 11 is 0. The number of imide groups is 1. The van der Waals surface area contributed by atoms with Crippen LogP contribution in [0.5, 0.6) is 5.75 Å². The van der Waals surface area contributed by atoms with Crippen LogP contribution in [-0.4, -0.2) is 34.0 Å². The van der Waals surface area contributed by atoms with Crippen LogP contribution in [0.4, 0.5) is 24.5 Å². The number of nitro groups is 1. The maximum absolute atomic E-state index is 12.9. The molecule has 2 aromatic carbocycles. The van der Waals surface area contributed by atoms with Crippen LogP contribution in [0.25, 0.3) is 5.57 Å². The van der Waals surface area contributed by atoms with E-state index >= 15 is 0 Å². The summed E-state index contributed by atoms with van der Waals surface area (Å²) in [4.78, 5) is 37.1. The van der Waals surface area contributed by atoms with E-state index in [0.717, 1.165) is 17.0 Å². The number of nitrogens with zero attached hydrogens (tertiary/aromatic N) is 2. The Morgan fingerprint density at radius 3 is 2.06 bits per heavy atom. The van der Waals surface area contributed by atoms with Crippen molar-refractivity contribution in [2.45, 2.75) is 26.3 Å². The summed E-state index contributed by atoms with van der Waals surface area (Å²) in [5.74, 6) is -1.65. The van der Waals surface area contributed by atoms with Gasteiger partial charge in [0, 0.05) is 23.9 Å². The molecule has 0 spiro atoms. The maximum atomic E-state index is 12.9. The van der Waals surface area contributed by atoms with E-state index in [1.54, 1.807) is 13.8 Å². The Bertz CT molecular complexity index is 1060. The number of hydrogen-bond acceptors (Lipinski definition) is 6. The number of hydrogen-bond donors (Lipinski definition) is 1. The number of anilines is 1. The number of alkyl halides is 3. The molecule has 1 aliphatic heterocycles. The van der Waals surface area contributed by atoms with E-state index in [4.69, 9.17) is 0 Å². The molecule has 1 N–H and O–H groups in total. The van der Waals surface area contributed by atoms with Gasteiger partial charge in [-0.2, -0.15) is 0 Å². The van der Waals surface area contributed by atoms with Gasteiger partial charge in [0.2, 0.25) is 0 Å². The molecule has 0 fully saturated rings. The van der Waals surface area contributed by atoms with E-state index in [9.17, 15) is 32.9 Å². The van der Waals surface area contributed by atoms with Gasteiger partial charge in [-0.3, -0.25) is 24.6 Å². The Morgan fingerprint density at radius 2 is 1.58 bits per heavy atom. The standard InChI is InChI=1S/C20H16F3N3O5/c1-11(2)25-18(27)16(12-3-7-14(8-4-12)26(29)30)17(19(25)28)24-13-5-9-15(10-6-13)31-20(21,22)23/h3-11,24H,1-2H3. The molecule has 0 aromatic heterocycles. The van der Waals surface area contributed by atoms with Gasteiger partial charge in [-0.15, -0.1) is 13.2 Å². The summed E-state index contributed by atoms with van der Waals surface area (Å²) in [5.41, 5.74) is 0.264. The number of nitrogens with one attached hydrogen (secondary N) is 1. The molecule has 0 atom stereocenters. The van der Waals surface area contributed by atoms with E-state index in [0.29, 0.717) is 0 Å². The normalized spacial score (nSPS) is 14.5. The van der Waals surface area contributed by atoms with Crippen LogP contribution in [-0.2, 0) is 9.59 Å². The number of halogens is 3. The zero-order valence-corrected chi connectivity index (χ0v) is 16.3. The van der Waals surface area contributed by atoms with Crippen molar-refractivity contribution in [2.75, 3.05) is 5.32 Å². The number of amides is 2. The maximum Gasteiger partial charge on any atom is 0.573 e. The molecular weight excluding hydrogens is 419 g/mol. The smallest absolute Gasteiger partial charge is 0.406 e. The van der Waals surface area contributed by atoms with Crippen LogP contribution in [0.3, 0.4) is 0 Å². The summed E-state index contributed by atoms with van der Waals surface area (Å²) in [7, 11) is 0. The van der Waals surface area contributed by atoms with Gasteiger partial charge >= 0.3 is 6.36 Å². The Kier molecular flexibility index (Phi) is 5.69. The number of carbonyl (C=O) groups is 2. The number of benzene rings is 2. The van der Waals surface area contributed by atoms with Crippen molar-refractivity contribution in [3.63, 3.8) is 0 Å². The molecule has 0 bridgehead atoms. The van der Waals surface area contributed by atoms with Crippen LogP contribution < -0.4 is 10.1 Å². The first-order valence-corrected chi connectivity index (χ1v) is 8.98. The van der Waals surface area contributed by atoms with Crippen molar-refractivity contribution in [1.29, 1.82) is 0 Å². The molecule has 0 radical (unpaired) electrons. The minimum absolute atomic E-state index is 0.00390. The third-order valence-electron chi connectivity index (χ3n) is 4.36. The van der Waals surface area contributed by atoms with Crippen molar-refractivity contribution < 1.29 is 32.4 Å². The molecule has 0 unspecified atom stereocenters. The zero-order valence-electron chi connectivity index (χ0n) is 16.3. The molecule has 162 valence electrons.